The molecule has 74 valence electrons. The number of carbonyl (C=O) groups is 1. The second-order valence-corrected chi connectivity index (χ2v) is 3.78. The van der Waals surface area contributed by atoms with Crippen LogP contribution in [-0.4, -0.2) is 43.8 Å². The van der Waals surface area contributed by atoms with Gasteiger partial charge in [-0.2, -0.15) is 0 Å². The van der Waals surface area contributed by atoms with Gasteiger partial charge < -0.3 is 15.0 Å². The summed E-state index contributed by atoms with van der Waals surface area (Å²) >= 11 is 0. The maximum atomic E-state index is 11.4. The van der Waals surface area contributed by atoms with Crippen molar-refractivity contribution < 1.29 is 9.53 Å². The van der Waals surface area contributed by atoms with Crippen LogP contribution in [0.4, 0.5) is 4.79 Å². The van der Waals surface area contributed by atoms with Crippen LogP contribution in [0, 0.1) is 11.8 Å². The van der Waals surface area contributed by atoms with Crippen LogP contribution in [0.5, 0.6) is 0 Å². The summed E-state index contributed by atoms with van der Waals surface area (Å²) in [7, 11) is 0. The quantitative estimate of drug-likeness (QED) is 0.637. The third kappa shape index (κ3) is 1.63. The second-order valence-electron chi connectivity index (χ2n) is 3.78. The van der Waals surface area contributed by atoms with E-state index < -0.39 is 0 Å². The highest BCUT2D eigenvalue weighted by molar-refractivity contribution is 5.68. The first-order valence-electron chi connectivity index (χ1n) is 4.93. The summed E-state index contributed by atoms with van der Waals surface area (Å²) in [6.45, 7) is 6.17. The monoisotopic (exact) mass is 184 g/mol. The Kier molecular flexibility index (Phi) is 2.40. The third-order valence-corrected chi connectivity index (χ3v) is 2.92. The molecule has 0 saturated carbocycles. The van der Waals surface area contributed by atoms with Gasteiger partial charge in [-0.25, -0.2) is 4.79 Å². The number of rotatable bonds is 1. The largest absolute Gasteiger partial charge is 0.450 e. The molecule has 0 aromatic carbocycles. The van der Waals surface area contributed by atoms with E-state index in [9.17, 15) is 4.79 Å². The summed E-state index contributed by atoms with van der Waals surface area (Å²) in [5.41, 5.74) is 0. The van der Waals surface area contributed by atoms with Crippen molar-refractivity contribution in [2.75, 3.05) is 32.8 Å². The van der Waals surface area contributed by atoms with Gasteiger partial charge in [0.1, 0.15) is 0 Å². The van der Waals surface area contributed by atoms with Gasteiger partial charge in [-0.05, 0) is 18.8 Å². The summed E-state index contributed by atoms with van der Waals surface area (Å²) in [5, 5.41) is 3.34. The van der Waals surface area contributed by atoms with E-state index in [1.165, 1.54) is 0 Å². The lowest BCUT2D eigenvalue weighted by molar-refractivity contribution is 0.113. The van der Waals surface area contributed by atoms with E-state index in [1.807, 2.05) is 11.8 Å². The van der Waals surface area contributed by atoms with Crippen molar-refractivity contribution in [1.82, 2.24) is 10.2 Å². The molecule has 0 radical (unpaired) electrons. The van der Waals surface area contributed by atoms with E-state index in [1.54, 1.807) is 0 Å². The first kappa shape index (κ1) is 8.81. The number of nitrogens with one attached hydrogen (secondary N) is 1. The van der Waals surface area contributed by atoms with Crippen molar-refractivity contribution in [3.63, 3.8) is 0 Å². The molecule has 0 spiro atoms. The summed E-state index contributed by atoms with van der Waals surface area (Å²) in [4.78, 5) is 13.2. The molecule has 0 aromatic heterocycles. The molecular weight excluding hydrogens is 168 g/mol. The number of fused-ring (bicyclic) bond motifs is 1. The number of amides is 1. The Hall–Kier alpha value is -0.770. The lowest BCUT2D eigenvalue weighted by atomic mass is 10.0. The number of nitrogens with zero attached hydrogens (tertiary/aromatic N) is 1. The molecule has 13 heavy (non-hydrogen) atoms. The van der Waals surface area contributed by atoms with Gasteiger partial charge in [-0.3, -0.25) is 0 Å². The maximum Gasteiger partial charge on any atom is 0.409 e. The zero-order chi connectivity index (χ0) is 9.26. The van der Waals surface area contributed by atoms with Crippen molar-refractivity contribution in [2.24, 2.45) is 11.8 Å². The molecule has 0 bridgehead atoms. The topological polar surface area (TPSA) is 41.6 Å². The van der Waals surface area contributed by atoms with E-state index >= 15 is 0 Å². The van der Waals surface area contributed by atoms with Gasteiger partial charge in [-0.15, -0.1) is 0 Å². The lowest BCUT2D eigenvalue weighted by Gasteiger charge is -2.16. The fraction of sp³-hybridized carbons (Fsp3) is 0.889. The smallest absolute Gasteiger partial charge is 0.409 e. The molecule has 4 heteroatoms. The van der Waals surface area contributed by atoms with Gasteiger partial charge >= 0.3 is 6.09 Å². The molecule has 2 rings (SSSR count). The molecular formula is C9H16N2O2. The van der Waals surface area contributed by atoms with Crippen molar-refractivity contribution in [3.8, 4) is 0 Å². The van der Waals surface area contributed by atoms with Gasteiger partial charge in [0.15, 0.2) is 0 Å². The van der Waals surface area contributed by atoms with E-state index in [0.29, 0.717) is 18.4 Å². The Labute approximate surface area is 78.2 Å². The van der Waals surface area contributed by atoms with Gasteiger partial charge in [0.05, 0.1) is 6.61 Å². The molecule has 2 saturated heterocycles. The second kappa shape index (κ2) is 3.54. The summed E-state index contributed by atoms with van der Waals surface area (Å²) in [6, 6.07) is 0. The lowest BCUT2D eigenvalue weighted by Crippen LogP contribution is -2.32. The van der Waals surface area contributed by atoms with Crippen LogP contribution in [-0.2, 0) is 4.74 Å². The van der Waals surface area contributed by atoms with E-state index in [-0.39, 0.29) is 6.09 Å². The Bertz CT molecular complexity index is 196. The molecule has 2 heterocycles. The SMILES string of the molecule is CCOC(=O)N1C[C@H]2CNC[C@H]2C1. The number of hydrogen-bond acceptors (Lipinski definition) is 3. The van der Waals surface area contributed by atoms with Crippen molar-refractivity contribution in [3.05, 3.63) is 0 Å². The average Bonchev–Trinajstić information content (AvgIpc) is 2.61. The highest BCUT2D eigenvalue weighted by atomic mass is 16.6. The molecule has 1 N–H and O–H groups in total. The predicted octanol–water partition coefficient (Wildman–Crippen LogP) is 0.294. The highest BCUT2D eigenvalue weighted by Crippen LogP contribution is 2.26. The minimum absolute atomic E-state index is 0.142. The van der Waals surface area contributed by atoms with Gasteiger partial charge in [0, 0.05) is 26.2 Å². The zero-order valence-corrected chi connectivity index (χ0v) is 7.95. The van der Waals surface area contributed by atoms with Crippen LogP contribution in [0.1, 0.15) is 6.92 Å². The minimum atomic E-state index is -0.142. The molecule has 2 aliphatic heterocycles. The van der Waals surface area contributed by atoms with Crippen LogP contribution < -0.4 is 5.32 Å². The van der Waals surface area contributed by atoms with Crippen LogP contribution in [0.25, 0.3) is 0 Å². The fourth-order valence-electron chi connectivity index (χ4n) is 2.22. The average molecular weight is 184 g/mol. The molecule has 0 aromatic rings. The van der Waals surface area contributed by atoms with E-state index in [2.05, 4.69) is 5.32 Å². The fourth-order valence-corrected chi connectivity index (χ4v) is 2.22. The standard InChI is InChI=1S/C9H16N2O2/c1-2-13-9(12)11-5-7-3-10-4-8(7)6-11/h7-8,10H,2-6H2,1H3/t7-,8+. The first-order chi connectivity index (χ1) is 6.31. The Morgan fingerprint density at radius 1 is 1.46 bits per heavy atom. The number of ether oxygens (including phenoxy) is 1. The highest BCUT2D eigenvalue weighted by Gasteiger charge is 2.38. The van der Waals surface area contributed by atoms with Crippen molar-refractivity contribution in [1.29, 1.82) is 0 Å². The van der Waals surface area contributed by atoms with Crippen LogP contribution in [0.3, 0.4) is 0 Å². The van der Waals surface area contributed by atoms with E-state index in [0.717, 1.165) is 26.2 Å². The van der Waals surface area contributed by atoms with Crippen LogP contribution >= 0.6 is 0 Å². The summed E-state index contributed by atoms with van der Waals surface area (Å²) < 4.78 is 4.96. The maximum absolute atomic E-state index is 11.4. The molecule has 2 aliphatic rings. The molecule has 4 nitrogen and oxygen atoms in total. The third-order valence-electron chi connectivity index (χ3n) is 2.92. The van der Waals surface area contributed by atoms with Crippen LogP contribution in [0.15, 0.2) is 0 Å². The van der Waals surface area contributed by atoms with Gasteiger partial charge in [0.2, 0.25) is 0 Å². The minimum Gasteiger partial charge on any atom is -0.450 e. The molecule has 2 fully saturated rings. The normalized spacial score (nSPS) is 31.9. The predicted molar refractivity (Wildman–Crippen MR) is 48.4 cm³/mol. The van der Waals surface area contributed by atoms with Crippen molar-refractivity contribution in [2.45, 2.75) is 6.92 Å². The van der Waals surface area contributed by atoms with Gasteiger partial charge in [0.25, 0.3) is 0 Å². The van der Waals surface area contributed by atoms with Crippen LogP contribution in [0.2, 0.25) is 0 Å². The number of hydrogen-bond donors (Lipinski definition) is 1. The number of likely N-dealkylation sites (tertiary alicyclic amines) is 1. The van der Waals surface area contributed by atoms with E-state index in [4.69, 9.17) is 4.74 Å². The van der Waals surface area contributed by atoms with Crippen molar-refractivity contribution >= 4 is 6.09 Å². The summed E-state index contributed by atoms with van der Waals surface area (Å²) in [6.07, 6.45) is -0.142. The molecule has 0 aliphatic carbocycles. The molecule has 2 atom stereocenters. The Morgan fingerprint density at radius 3 is 2.62 bits per heavy atom. The van der Waals surface area contributed by atoms with Gasteiger partial charge in [-0.1, -0.05) is 0 Å². The summed E-state index contributed by atoms with van der Waals surface area (Å²) in [5.74, 6) is 1.31. The number of carbonyl (C=O) groups excluding carboxylic acids is 1. The molecule has 0 unspecified atom stereocenters. The Balaban J connectivity index is 1.87. The molecule has 1 amide bonds. The first-order valence-corrected chi connectivity index (χ1v) is 4.93. The Morgan fingerprint density at radius 2 is 2.08 bits per heavy atom. The zero-order valence-electron chi connectivity index (χ0n) is 7.95.